The van der Waals surface area contributed by atoms with Gasteiger partial charge in [-0.05, 0) is 23.6 Å². The molecule has 122 valence electrons. The number of H-pyrrole nitrogens is 1. The summed E-state index contributed by atoms with van der Waals surface area (Å²) in [5, 5.41) is 0.672. The van der Waals surface area contributed by atoms with E-state index in [2.05, 4.69) is 29.9 Å². The van der Waals surface area contributed by atoms with Crippen LogP contribution in [-0.4, -0.2) is 34.5 Å². The molecule has 0 saturated carbocycles. The quantitative estimate of drug-likeness (QED) is 0.926. The first-order valence-corrected chi connectivity index (χ1v) is 8.21. The summed E-state index contributed by atoms with van der Waals surface area (Å²) in [6.07, 6.45) is 0.748. The van der Waals surface area contributed by atoms with Crippen molar-refractivity contribution in [3.63, 3.8) is 0 Å². The average molecular weight is 333 g/mol. The molecule has 0 bridgehead atoms. The van der Waals surface area contributed by atoms with E-state index in [1.54, 1.807) is 11.9 Å². The summed E-state index contributed by atoms with van der Waals surface area (Å²) < 4.78 is 0. The first-order chi connectivity index (χ1) is 10.9. The van der Waals surface area contributed by atoms with Crippen LogP contribution in [0.15, 0.2) is 18.2 Å². The number of aromatic amines is 1. The second-order valence-electron chi connectivity index (χ2n) is 6.17. The molecule has 2 aromatic rings. The number of fused-ring (bicyclic) bond motifs is 1. The number of hydrogen-bond donors (Lipinski definition) is 1. The second kappa shape index (κ2) is 5.89. The molecule has 1 aromatic carbocycles. The molecule has 0 radical (unpaired) electrons. The van der Waals surface area contributed by atoms with Crippen LogP contribution in [0.4, 0.5) is 11.5 Å². The Morgan fingerprint density at radius 2 is 2.13 bits per heavy atom. The van der Waals surface area contributed by atoms with Gasteiger partial charge in [0.25, 0.3) is 5.91 Å². The minimum Gasteiger partial charge on any atom is -0.336 e. The molecule has 0 aliphatic carbocycles. The molecule has 3 rings (SSSR count). The van der Waals surface area contributed by atoms with Gasteiger partial charge in [-0.1, -0.05) is 38.4 Å². The molecule has 5 nitrogen and oxygen atoms in total. The number of carbonyl (C=O) groups excluding carboxylic acids is 1. The van der Waals surface area contributed by atoms with Gasteiger partial charge in [-0.15, -0.1) is 0 Å². The van der Waals surface area contributed by atoms with E-state index in [1.807, 2.05) is 24.0 Å². The maximum Gasteiger partial charge on any atom is 0.275 e. The molecule has 0 saturated heterocycles. The molecule has 1 amide bonds. The summed E-state index contributed by atoms with van der Waals surface area (Å²) in [5.74, 6) is 1.83. The molecule has 0 spiro atoms. The number of carbonyl (C=O) groups is 1. The number of amides is 1. The highest BCUT2D eigenvalue weighted by molar-refractivity contribution is 6.33. The molecule has 6 heteroatoms. The number of halogens is 1. The van der Waals surface area contributed by atoms with Crippen molar-refractivity contribution in [2.24, 2.45) is 0 Å². The summed E-state index contributed by atoms with van der Waals surface area (Å²) in [5.41, 5.74) is 2.59. The van der Waals surface area contributed by atoms with E-state index >= 15 is 0 Å². The number of imidazole rings is 1. The van der Waals surface area contributed by atoms with Gasteiger partial charge in [0.05, 0.1) is 17.4 Å². The number of anilines is 2. The van der Waals surface area contributed by atoms with E-state index in [4.69, 9.17) is 11.6 Å². The molecule has 0 atom stereocenters. The van der Waals surface area contributed by atoms with Gasteiger partial charge in [0, 0.05) is 13.5 Å². The highest BCUT2D eigenvalue weighted by Gasteiger charge is 2.32. The Hall–Kier alpha value is -2.01. The van der Waals surface area contributed by atoms with Gasteiger partial charge in [-0.25, -0.2) is 4.98 Å². The van der Waals surface area contributed by atoms with Crippen LogP contribution < -0.4 is 4.90 Å². The van der Waals surface area contributed by atoms with Crippen LogP contribution in [0, 0.1) is 0 Å². The number of rotatable bonds is 3. The molecule has 1 aliphatic heterocycles. The molecule has 0 unspecified atom stereocenters. The smallest absolute Gasteiger partial charge is 0.275 e. The largest absolute Gasteiger partial charge is 0.336 e. The zero-order chi connectivity index (χ0) is 16.7. The van der Waals surface area contributed by atoms with E-state index in [1.165, 1.54) is 5.56 Å². The molecule has 1 N–H and O–H groups in total. The fourth-order valence-electron chi connectivity index (χ4n) is 2.75. The van der Waals surface area contributed by atoms with Crippen LogP contribution in [0.25, 0.3) is 0 Å². The fraction of sp³-hybridized carbons (Fsp3) is 0.412. The van der Waals surface area contributed by atoms with Crippen LogP contribution in [0.5, 0.6) is 0 Å². The van der Waals surface area contributed by atoms with E-state index < -0.39 is 0 Å². The second-order valence-corrected chi connectivity index (χ2v) is 6.58. The molecule has 23 heavy (non-hydrogen) atoms. The van der Waals surface area contributed by atoms with Crippen molar-refractivity contribution in [2.75, 3.05) is 18.6 Å². The van der Waals surface area contributed by atoms with Gasteiger partial charge < -0.3 is 14.8 Å². The van der Waals surface area contributed by atoms with Gasteiger partial charge in [0.1, 0.15) is 11.5 Å². The van der Waals surface area contributed by atoms with Crippen LogP contribution in [0.3, 0.4) is 0 Å². The average Bonchev–Trinajstić information content (AvgIpc) is 2.95. The summed E-state index contributed by atoms with van der Waals surface area (Å²) in [4.78, 5) is 23.7. The van der Waals surface area contributed by atoms with E-state index in [9.17, 15) is 4.79 Å². The lowest BCUT2D eigenvalue weighted by molar-refractivity contribution is 0.0782. The van der Waals surface area contributed by atoms with Crippen molar-refractivity contribution < 1.29 is 4.79 Å². The number of aryl methyl sites for hydroxylation is 1. The Balaban J connectivity index is 2.08. The summed E-state index contributed by atoms with van der Waals surface area (Å²) in [7, 11) is 1.78. The van der Waals surface area contributed by atoms with E-state index in [0.717, 1.165) is 17.9 Å². The molecule has 0 fully saturated rings. The third-order valence-electron chi connectivity index (χ3n) is 4.17. The third kappa shape index (κ3) is 2.70. The van der Waals surface area contributed by atoms with Gasteiger partial charge >= 0.3 is 0 Å². The van der Waals surface area contributed by atoms with Crippen molar-refractivity contribution in [2.45, 2.75) is 33.1 Å². The Labute approximate surface area is 141 Å². The zero-order valence-corrected chi connectivity index (χ0v) is 14.6. The number of hydrogen-bond acceptors (Lipinski definition) is 3. The topological polar surface area (TPSA) is 52.2 Å². The van der Waals surface area contributed by atoms with Crippen LogP contribution >= 0.6 is 11.6 Å². The van der Waals surface area contributed by atoms with Crippen molar-refractivity contribution >= 4 is 29.0 Å². The highest BCUT2D eigenvalue weighted by Crippen LogP contribution is 2.37. The summed E-state index contributed by atoms with van der Waals surface area (Å²) in [6.45, 7) is 6.71. The lowest BCUT2D eigenvalue weighted by Gasteiger charge is -2.33. The van der Waals surface area contributed by atoms with Crippen LogP contribution in [0.1, 0.15) is 48.6 Å². The molecule has 1 aromatic heterocycles. The van der Waals surface area contributed by atoms with Gasteiger partial charge in [-0.2, -0.15) is 0 Å². The first-order valence-electron chi connectivity index (χ1n) is 7.83. The Morgan fingerprint density at radius 3 is 2.74 bits per heavy atom. The monoisotopic (exact) mass is 332 g/mol. The van der Waals surface area contributed by atoms with Gasteiger partial charge in [0.15, 0.2) is 5.82 Å². The Kier molecular flexibility index (Phi) is 4.06. The summed E-state index contributed by atoms with van der Waals surface area (Å²) >= 11 is 6.51. The number of nitrogens with one attached hydrogen (secondary N) is 1. The van der Waals surface area contributed by atoms with Crippen LogP contribution in [-0.2, 0) is 6.42 Å². The first kappa shape index (κ1) is 15.9. The lowest BCUT2D eigenvalue weighted by atomic mass is 10.0. The van der Waals surface area contributed by atoms with Gasteiger partial charge in [-0.3, -0.25) is 4.79 Å². The number of benzene rings is 1. The minimum absolute atomic E-state index is 0.0432. The van der Waals surface area contributed by atoms with Crippen molar-refractivity contribution in [1.82, 2.24) is 14.9 Å². The standard InChI is InChI=1S/C17H21ClN4O/c1-5-14-19-15-16(20-14)22(9-21(4)17(15)23)13-7-6-11(10(2)3)8-12(13)18/h6-8,10H,5,9H2,1-4H3,(H,19,20). The van der Waals surface area contributed by atoms with Crippen molar-refractivity contribution in [3.8, 4) is 0 Å². The predicted molar refractivity (Wildman–Crippen MR) is 92.6 cm³/mol. The lowest BCUT2D eigenvalue weighted by Crippen LogP contribution is -2.42. The summed E-state index contributed by atoms with van der Waals surface area (Å²) in [6, 6.07) is 6.08. The fourth-order valence-corrected chi connectivity index (χ4v) is 3.04. The van der Waals surface area contributed by atoms with Crippen molar-refractivity contribution in [1.29, 1.82) is 0 Å². The molecular formula is C17H21ClN4O. The Morgan fingerprint density at radius 1 is 1.39 bits per heavy atom. The molecule has 1 aliphatic rings. The SMILES string of the molecule is CCc1nc2c([nH]1)C(=O)N(C)CN2c1ccc(C(C)C)cc1Cl. The minimum atomic E-state index is -0.0432. The Bertz CT molecular complexity index is 753. The van der Waals surface area contributed by atoms with Crippen molar-refractivity contribution in [3.05, 3.63) is 40.3 Å². The van der Waals surface area contributed by atoms with E-state index in [-0.39, 0.29) is 5.91 Å². The van der Waals surface area contributed by atoms with Crippen LogP contribution in [0.2, 0.25) is 5.02 Å². The highest BCUT2D eigenvalue weighted by atomic mass is 35.5. The number of aromatic nitrogens is 2. The maximum absolute atomic E-state index is 12.3. The third-order valence-corrected chi connectivity index (χ3v) is 4.47. The van der Waals surface area contributed by atoms with Gasteiger partial charge in [0.2, 0.25) is 0 Å². The zero-order valence-electron chi connectivity index (χ0n) is 13.9. The number of nitrogens with zero attached hydrogens (tertiary/aromatic N) is 3. The normalized spacial score (nSPS) is 14.6. The van der Waals surface area contributed by atoms with E-state index in [0.29, 0.717) is 29.1 Å². The molecule has 2 heterocycles. The maximum atomic E-state index is 12.3. The molecular weight excluding hydrogens is 312 g/mol. The predicted octanol–water partition coefficient (Wildman–Crippen LogP) is 3.93.